The first kappa shape index (κ1) is 16.6. The van der Waals surface area contributed by atoms with Gasteiger partial charge >= 0.3 is 0 Å². The standard InChI is InChI=1S/C17H19N3O3/c1-21-11-5-10-19-17-14(12-18)20-16(23-17)9-8-13-6-3-4-7-15(13)22-2/h3-4,6-9,19H,5,10-11H2,1-2H3. The first-order chi connectivity index (χ1) is 11.3. The predicted octanol–water partition coefficient (Wildman–Crippen LogP) is 3.17. The average molecular weight is 313 g/mol. The number of benzene rings is 1. The van der Waals surface area contributed by atoms with Crippen LogP contribution in [0.4, 0.5) is 5.88 Å². The molecule has 1 aromatic heterocycles. The number of anilines is 1. The zero-order valence-electron chi connectivity index (χ0n) is 13.2. The van der Waals surface area contributed by atoms with Crippen LogP contribution in [0.25, 0.3) is 12.2 Å². The van der Waals surface area contributed by atoms with E-state index in [1.54, 1.807) is 20.3 Å². The quantitative estimate of drug-likeness (QED) is 0.754. The highest BCUT2D eigenvalue weighted by Gasteiger charge is 2.10. The van der Waals surface area contributed by atoms with Crippen molar-refractivity contribution < 1.29 is 13.9 Å². The molecule has 6 heteroatoms. The molecule has 0 unspecified atom stereocenters. The summed E-state index contributed by atoms with van der Waals surface area (Å²) in [6, 6.07) is 9.64. The normalized spacial score (nSPS) is 10.7. The number of nitrogens with one attached hydrogen (secondary N) is 1. The molecule has 120 valence electrons. The first-order valence-corrected chi connectivity index (χ1v) is 7.23. The highest BCUT2D eigenvalue weighted by molar-refractivity contribution is 5.70. The summed E-state index contributed by atoms with van der Waals surface area (Å²) in [5.41, 5.74) is 1.14. The third kappa shape index (κ3) is 4.59. The third-order valence-electron chi connectivity index (χ3n) is 3.10. The number of oxazole rings is 1. The fraction of sp³-hybridized carbons (Fsp3) is 0.294. The largest absolute Gasteiger partial charge is 0.496 e. The molecule has 1 N–H and O–H groups in total. The Hall–Kier alpha value is -2.78. The van der Waals surface area contributed by atoms with Gasteiger partial charge in [0, 0.05) is 31.9 Å². The summed E-state index contributed by atoms with van der Waals surface area (Å²) in [5.74, 6) is 1.50. The molecule has 0 aliphatic rings. The molecular formula is C17H19N3O3. The Bertz CT molecular complexity index is 701. The first-order valence-electron chi connectivity index (χ1n) is 7.23. The summed E-state index contributed by atoms with van der Waals surface area (Å²) in [5, 5.41) is 12.2. The van der Waals surface area contributed by atoms with E-state index in [1.165, 1.54) is 0 Å². The van der Waals surface area contributed by atoms with Gasteiger partial charge in [0.15, 0.2) is 0 Å². The van der Waals surface area contributed by atoms with Crippen molar-refractivity contribution in [1.29, 1.82) is 5.26 Å². The Morgan fingerprint density at radius 2 is 2.13 bits per heavy atom. The SMILES string of the molecule is COCCCNc1oc(C=Cc2ccccc2OC)nc1C#N. The maximum atomic E-state index is 9.12. The van der Waals surface area contributed by atoms with Crippen LogP contribution in [-0.2, 0) is 4.74 Å². The molecule has 6 nitrogen and oxygen atoms in total. The average Bonchev–Trinajstić information content (AvgIpc) is 2.99. The van der Waals surface area contributed by atoms with Crippen LogP contribution in [0.5, 0.6) is 5.75 Å². The summed E-state index contributed by atoms with van der Waals surface area (Å²) in [6.07, 6.45) is 4.36. The summed E-state index contributed by atoms with van der Waals surface area (Å²) in [7, 11) is 3.27. The van der Waals surface area contributed by atoms with Gasteiger partial charge in [0.2, 0.25) is 17.5 Å². The van der Waals surface area contributed by atoms with E-state index in [2.05, 4.69) is 10.3 Å². The predicted molar refractivity (Wildman–Crippen MR) is 88.1 cm³/mol. The number of hydrogen-bond donors (Lipinski definition) is 1. The molecule has 0 spiro atoms. The molecule has 0 saturated carbocycles. The molecule has 0 bridgehead atoms. The van der Waals surface area contributed by atoms with E-state index in [1.807, 2.05) is 36.4 Å². The van der Waals surface area contributed by atoms with Crippen molar-refractivity contribution >= 4 is 18.0 Å². The Kier molecular flexibility index (Phi) is 6.21. The second kappa shape index (κ2) is 8.61. The number of nitrogens with zero attached hydrogens (tertiary/aromatic N) is 2. The molecule has 2 aromatic rings. The number of hydrogen-bond acceptors (Lipinski definition) is 6. The van der Waals surface area contributed by atoms with Crippen LogP contribution < -0.4 is 10.1 Å². The Morgan fingerprint density at radius 3 is 2.87 bits per heavy atom. The molecule has 1 heterocycles. The van der Waals surface area contributed by atoms with Crippen LogP contribution >= 0.6 is 0 Å². The van der Waals surface area contributed by atoms with Gasteiger partial charge in [-0.3, -0.25) is 0 Å². The van der Waals surface area contributed by atoms with Crippen molar-refractivity contribution in [2.75, 3.05) is 32.7 Å². The van der Waals surface area contributed by atoms with E-state index in [-0.39, 0.29) is 5.69 Å². The van der Waals surface area contributed by atoms with Crippen molar-refractivity contribution in [1.82, 2.24) is 4.98 Å². The Morgan fingerprint density at radius 1 is 1.30 bits per heavy atom. The van der Waals surface area contributed by atoms with Crippen molar-refractivity contribution in [3.8, 4) is 11.8 Å². The Balaban J connectivity index is 2.10. The summed E-state index contributed by atoms with van der Waals surface area (Å²) < 4.78 is 15.8. The van der Waals surface area contributed by atoms with Gasteiger partial charge in [-0.05, 0) is 18.6 Å². The monoisotopic (exact) mass is 313 g/mol. The van der Waals surface area contributed by atoms with E-state index in [0.29, 0.717) is 24.9 Å². The van der Waals surface area contributed by atoms with E-state index in [9.17, 15) is 0 Å². The van der Waals surface area contributed by atoms with Crippen LogP contribution in [0.1, 0.15) is 23.6 Å². The van der Waals surface area contributed by atoms with Gasteiger partial charge in [-0.15, -0.1) is 0 Å². The van der Waals surface area contributed by atoms with Crippen LogP contribution in [0.15, 0.2) is 28.7 Å². The van der Waals surface area contributed by atoms with Crippen LogP contribution in [0, 0.1) is 11.3 Å². The van der Waals surface area contributed by atoms with Gasteiger partial charge in [-0.25, -0.2) is 0 Å². The van der Waals surface area contributed by atoms with Gasteiger partial charge in [0.1, 0.15) is 11.8 Å². The third-order valence-corrected chi connectivity index (χ3v) is 3.10. The molecule has 0 atom stereocenters. The number of aromatic nitrogens is 1. The van der Waals surface area contributed by atoms with Gasteiger partial charge in [0.05, 0.1) is 7.11 Å². The molecule has 0 amide bonds. The fourth-order valence-corrected chi connectivity index (χ4v) is 1.99. The molecule has 0 radical (unpaired) electrons. The van der Waals surface area contributed by atoms with Crippen molar-refractivity contribution in [2.24, 2.45) is 0 Å². The lowest BCUT2D eigenvalue weighted by Crippen LogP contribution is -2.04. The van der Waals surface area contributed by atoms with Crippen LogP contribution in [0.3, 0.4) is 0 Å². The van der Waals surface area contributed by atoms with E-state index >= 15 is 0 Å². The molecule has 0 fully saturated rings. The van der Waals surface area contributed by atoms with E-state index in [0.717, 1.165) is 17.7 Å². The molecule has 2 rings (SSSR count). The molecule has 1 aromatic carbocycles. The minimum absolute atomic E-state index is 0.238. The number of rotatable bonds is 8. The second-order valence-electron chi connectivity index (χ2n) is 4.69. The molecule has 23 heavy (non-hydrogen) atoms. The van der Waals surface area contributed by atoms with Gasteiger partial charge in [-0.1, -0.05) is 18.2 Å². The second-order valence-corrected chi connectivity index (χ2v) is 4.69. The fourth-order valence-electron chi connectivity index (χ4n) is 1.99. The van der Waals surface area contributed by atoms with Crippen molar-refractivity contribution in [3.05, 3.63) is 41.4 Å². The van der Waals surface area contributed by atoms with E-state index in [4.69, 9.17) is 19.2 Å². The summed E-state index contributed by atoms with van der Waals surface area (Å²) in [4.78, 5) is 4.15. The van der Waals surface area contributed by atoms with Gasteiger partial charge < -0.3 is 19.2 Å². The minimum atomic E-state index is 0.238. The lowest BCUT2D eigenvalue weighted by Gasteiger charge is -2.02. The Labute approximate surface area is 135 Å². The highest BCUT2D eigenvalue weighted by atomic mass is 16.5. The summed E-state index contributed by atoms with van der Waals surface area (Å²) in [6.45, 7) is 1.29. The van der Waals surface area contributed by atoms with Crippen LogP contribution in [-0.4, -0.2) is 32.4 Å². The van der Waals surface area contributed by atoms with Gasteiger partial charge in [-0.2, -0.15) is 10.2 Å². The topological polar surface area (TPSA) is 80.3 Å². The minimum Gasteiger partial charge on any atom is -0.496 e. The molecule has 0 aliphatic heterocycles. The smallest absolute Gasteiger partial charge is 0.232 e. The number of methoxy groups -OCH3 is 2. The zero-order valence-corrected chi connectivity index (χ0v) is 13.2. The zero-order chi connectivity index (χ0) is 16.5. The molecule has 0 aliphatic carbocycles. The lowest BCUT2D eigenvalue weighted by molar-refractivity contribution is 0.197. The maximum absolute atomic E-state index is 9.12. The number of para-hydroxylation sites is 1. The van der Waals surface area contributed by atoms with E-state index < -0.39 is 0 Å². The molecule has 0 saturated heterocycles. The lowest BCUT2D eigenvalue weighted by atomic mass is 10.2. The number of ether oxygens (including phenoxy) is 2. The van der Waals surface area contributed by atoms with Crippen LogP contribution in [0.2, 0.25) is 0 Å². The highest BCUT2D eigenvalue weighted by Crippen LogP contribution is 2.22. The van der Waals surface area contributed by atoms with Gasteiger partial charge in [0.25, 0.3) is 0 Å². The van der Waals surface area contributed by atoms with Crippen molar-refractivity contribution in [2.45, 2.75) is 6.42 Å². The van der Waals surface area contributed by atoms with Crippen molar-refractivity contribution in [3.63, 3.8) is 0 Å². The molecular weight excluding hydrogens is 294 g/mol. The number of nitriles is 1. The summed E-state index contributed by atoms with van der Waals surface area (Å²) >= 11 is 0. The maximum Gasteiger partial charge on any atom is 0.232 e.